The zero-order valence-electron chi connectivity index (χ0n) is 30.2. The summed E-state index contributed by atoms with van der Waals surface area (Å²) in [6.45, 7) is 0.649. The number of aromatic hydroxyl groups is 3. The van der Waals surface area contributed by atoms with Gasteiger partial charge in [0.05, 0.1) is 21.3 Å². The van der Waals surface area contributed by atoms with Gasteiger partial charge in [0.15, 0.2) is 0 Å². The maximum Gasteiger partial charge on any atom is 0.319 e. The molecule has 14 nitrogen and oxygen atoms in total. The molecule has 300 valence electrons. The molecule has 3 aromatic carbocycles. The molecule has 0 aliphatic rings. The summed E-state index contributed by atoms with van der Waals surface area (Å²) in [4.78, 5) is 20.0. The number of aromatic nitrogens is 5. The van der Waals surface area contributed by atoms with E-state index in [0.29, 0.717) is 49.6 Å². The van der Waals surface area contributed by atoms with E-state index in [9.17, 15) is 28.5 Å². The Hall–Kier alpha value is -5.98. The lowest BCUT2D eigenvalue weighted by molar-refractivity contribution is 0.379. The van der Waals surface area contributed by atoms with Crippen LogP contribution >= 0.6 is 39.1 Å². The number of nitrogens with one attached hydrogen (secondary N) is 3. The van der Waals surface area contributed by atoms with Gasteiger partial charge < -0.3 is 45.5 Å². The van der Waals surface area contributed by atoms with Crippen molar-refractivity contribution in [2.24, 2.45) is 0 Å². The van der Waals surface area contributed by atoms with E-state index in [-0.39, 0.29) is 54.1 Å². The van der Waals surface area contributed by atoms with Gasteiger partial charge in [0.2, 0.25) is 5.88 Å². The topological polar surface area (TPSA) is 189 Å². The molecular weight excluding hydrogens is 860 g/mol. The quantitative estimate of drug-likeness (QED) is 0.0642. The number of pyridine rings is 1. The summed E-state index contributed by atoms with van der Waals surface area (Å²) in [5, 5.41) is 38.3. The Bertz CT molecular complexity index is 2040. The third-order valence-corrected chi connectivity index (χ3v) is 8.01. The van der Waals surface area contributed by atoms with E-state index in [2.05, 4.69) is 56.8 Å². The molecular formula is C37H34BrCl2F3N8O6. The van der Waals surface area contributed by atoms with E-state index in [1.165, 1.54) is 82.0 Å². The van der Waals surface area contributed by atoms with Gasteiger partial charge in [-0.25, -0.2) is 13.2 Å². The Morgan fingerprint density at radius 1 is 0.544 bits per heavy atom. The predicted octanol–water partition coefficient (Wildman–Crippen LogP) is 8.50. The van der Waals surface area contributed by atoms with Crippen LogP contribution in [0.4, 0.5) is 30.6 Å². The average Bonchev–Trinajstić information content (AvgIpc) is 3.18. The second-order valence-corrected chi connectivity index (χ2v) is 12.9. The summed E-state index contributed by atoms with van der Waals surface area (Å²) in [6, 6.07) is 17.9. The summed E-state index contributed by atoms with van der Waals surface area (Å²) in [5.74, 6) is 0.572. The van der Waals surface area contributed by atoms with Gasteiger partial charge in [-0.1, -0.05) is 23.2 Å². The van der Waals surface area contributed by atoms with Crippen LogP contribution in [0.3, 0.4) is 0 Å². The lowest BCUT2D eigenvalue weighted by atomic mass is 10.2. The molecule has 0 atom stereocenters. The lowest BCUT2D eigenvalue weighted by Crippen LogP contribution is -2.04. The molecule has 0 aliphatic heterocycles. The zero-order chi connectivity index (χ0) is 41.5. The van der Waals surface area contributed by atoms with Crippen LogP contribution in [0, 0.1) is 17.5 Å². The minimum Gasteiger partial charge on any atom is -0.508 e. The number of benzene rings is 3. The normalized spacial score (nSPS) is 10.3. The molecule has 0 saturated heterocycles. The Balaban J connectivity index is 0.000000189. The molecule has 20 heteroatoms. The van der Waals surface area contributed by atoms with Gasteiger partial charge >= 0.3 is 12.0 Å². The van der Waals surface area contributed by atoms with Crippen molar-refractivity contribution < 1.29 is 42.7 Å². The number of hydrogen-bond acceptors (Lipinski definition) is 14. The fourth-order valence-electron chi connectivity index (χ4n) is 4.47. The fourth-order valence-corrected chi connectivity index (χ4v) is 5.21. The van der Waals surface area contributed by atoms with E-state index in [1.807, 2.05) is 0 Å². The first-order valence-electron chi connectivity index (χ1n) is 16.3. The highest BCUT2D eigenvalue weighted by atomic mass is 79.9. The SMILES string of the molecule is COc1cc(Cl)cc(NCc2cc(F)ccc2O)n1.COc1nc(Br)cc(NCc2cc(F)ccc2O)n1.COc1nc(Cl)cc(NCc2cc(F)ccc2O)n1. The second-order valence-electron chi connectivity index (χ2n) is 11.2. The van der Waals surface area contributed by atoms with Crippen LogP contribution in [0.1, 0.15) is 16.7 Å². The van der Waals surface area contributed by atoms with Crippen molar-refractivity contribution in [1.29, 1.82) is 0 Å². The van der Waals surface area contributed by atoms with Gasteiger partial charge in [-0.3, -0.25) is 0 Å². The van der Waals surface area contributed by atoms with E-state index in [1.54, 1.807) is 18.2 Å². The first kappa shape index (κ1) is 43.7. The van der Waals surface area contributed by atoms with Gasteiger partial charge in [-0.05, 0) is 76.6 Å². The summed E-state index contributed by atoms with van der Waals surface area (Å²) in [5.41, 5.74) is 1.28. The second kappa shape index (κ2) is 21.4. The fraction of sp³-hybridized carbons (Fsp3) is 0.162. The molecule has 3 aromatic heterocycles. The molecule has 3 heterocycles. The van der Waals surface area contributed by atoms with Crippen LogP contribution in [0.25, 0.3) is 0 Å². The number of rotatable bonds is 12. The lowest BCUT2D eigenvalue weighted by Gasteiger charge is -2.09. The molecule has 0 unspecified atom stereocenters. The van der Waals surface area contributed by atoms with Gasteiger partial charge in [-0.2, -0.15) is 24.9 Å². The van der Waals surface area contributed by atoms with Crippen LogP contribution in [0.2, 0.25) is 10.2 Å². The Morgan fingerprint density at radius 3 is 1.40 bits per heavy atom. The number of anilines is 3. The largest absolute Gasteiger partial charge is 0.508 e. The van der Waals surface area contributed by atoms with E-state index in [4.69, 9.17) is 37.4 Å². The Kier molecular flexibility index (Phi) is 16.4. The third-order valence-electron chi connectivity index (χ3n) is 7.19. The molecule has 0 bridgehead atoms. The Labute approximate surface area is 342 Å². The van der Waals surface area contributed by atoms with E-state index < -0.39 is 17.5 Å². The third kappa shape index (κ3) is 14.2. The van der Waals surface area contributed by atoms with Crippen LogP contribution in [-0.2, 0) is 19.6 Å². The summed E-state index contributed by atoms with van der Waals surface area (Å²) in [6.07, 6.45) is 0. The molecule has 0 amide bonds. The molecule has 6 aromatic rings. The number of ether oxygens (including phenoxy) is 3. The predicted molar refractivity (Wildman–Crippen MR) is 212 cm³/mol. The molecule has 6 rings (SSSR count). The van der Waals surface area contributed by atoms with E-state index >= 15 is 0 Å². The van der Waals surface area contributed by atoms with Crippen LogP contribution < -0.4 is 30.2 Å². The number of phenolic OH excluding ortho intramolecular Hbond substituents is 3. The number of phenols is 3. The van der Waals surface area contributed by atoms with E-state index in [0.717, 1.165) is 0 Å². The van der Waals surface area contributed by atoms with Crippen LogP contribution in [-0.4, -0.2) is 61.6 Å². The minimum absolute atomic E-state index is 0.000943. The van der Waals surface area contributed by atoms with Crippen molar-refractivity contribution >= 4 is 56.6 Å². The molecule has 0 aliphatic carbocycles. The van der Waals surface area contributed by atoms with Crippen LogP contribution in [0.5, 0.6) is 35.1 Å². The first-order chi connectivity index (χ1) is 27.2. The highest BCUT2D eigenvalue weighted by molar-refractivity contribution is 9.10. The zero-order valence-corrected chi connectivity index (χ0v) is 33.3. The molecule has 0 saturated carbocycles. The minimum atomic E-state index is -0.423. The number of hydrogen-bond donors (Lipinski definition) is 6. The van der Waals surface area contributed by atoms with Crippen molar-refractivity contribution in [3.63, 3.8) is 0 Å². The summed E-state index contributed by atoms with van der Waals surface area (Å²) >= 11 is 14.9. The average molecular weight is 895 g/mol. The number of methoxy groups -OCH3 is 3. The van der Waals surface area contributed by atoms with Crippen molar-refractivity contribution in [2.45, 2.75) is 19.6 Å². The summed E-state index contributed by atoms with van der Waals surface area (Å²) in [7, 11) is 4.37. The van der Waals surface area contributed by atoms with Gasteiger partial charge in [-0.15, -0.1) is 0 Å². The Morgan fingerprint density at radius 2 is 0.965 bits per heavy atom. The molecule has 57 heavy (non-hydrogen) atoms. The van der Waals surface area contributed by atoms with Gasteiger partial charge in [0, 0.05) is 59.5 Å². The van der Waals surface area contributed by atoms with Crippen molar-refractivity contribution in [3.8, 4) is 35.1 Å². The smallest absolute Gasteiger partial charge is 0.319 e. The summed E-state index contributed by atoms with van der Waals surface area (Å²) < 4.78 is 54.5. The molecule has 0 fully saturated rings. The van der Waals surface area contributed by atoms with Crippen molar-refractivity contribution in [1.82, 2.24) is 24.9 Å². The monoisotopic (exact) mass is 892 g/mol. The number of nitrogens with zero attached hydrogens (tertiary/aromatic N) is 5. The van der Waals surface area contributed by atoms with Crippen LogP contribution in [0.15, 0.2) is 83.5 Å². The molecule has 0 spiro atoms. The van der Waals surface area contributed by atoms with Crippen molar-refractivity contribution in [3.05, 3.63) is 128 Å². The molecule has 0 radical (unpaired) electrons. The van der Waals surface area contributed by atoms with Crippen molar-refractivity contribution in [2.75, 3.05) is 37.3 Å². The van der Waals surface area contributed by atoms with Gasteiger partial charge in [0.25, 0.3) is 0 Å². The number of halogens is 6. The highest BCUT2D eigenvalue weighted by Crippen LogP contribution is 2.24. The van der Waals surface area contributed by atoms with Gasteiger partial charge in [0.1, 0.15) is 61.9 Å². The first-order valence-corrected chi connectivity index (χ1v) is 17.8. The standard InChI is InChI=1S/C13H12ClFN2O2.C12H11BrFN3O2.C12H11ClFN3O2/c1-19-13-6-9(14)5-12(17-13)16-7-8-4-10(15)2-3-11(8)18;2*1-19-12-16-10(13)5-11(17-12)15-6-7-4-8(14)2-3-9(7)18/h2-6,18H,7H2,1H3,(H,16,17);2*2-5,18H,6H2,1H3,(H,15,16,17). The molecule has 6 N–H and O–H groups in total. The maximum absolute atomic E-state index is 13.1. The highest BCUT2D eigenvalue weighted by Gasteiger charge is 2.09. The maximum atomic E-state index is 13.1.